The highest BCUT2D eigenvalue weighted by Crippen LogP contribution is 2.24. The predicted octanol–water partition coefficient (Wildman–Crippen LogP) is 0.986. The summed E-state index contributed by atoms with van der Waals surface area (Å²) in [7, 11) is -2.44. The van der Waals surface area contributed by atoms with Crippen molar-refractivity contribution in [1.29, 1.82) is 0 Å². The predicted molar refractivity (Wildman–Crippen MR) is 92.7 cm³/mol. The lowest BCUT2D eigenvalue weighted by molar-refractivity contribution is 0.0693. The van der Waals surface area contributed by atoms with Crippen LogP contribution in [0.1, 0.15) is 41.0 Å². The van der Waals surface area contributed by atoms with Crippen molar-refractivity contribution >= 4 is 34.2 Å². The van der Waals surface area contributed by atoms with E-state index >= 15 is 0 Å². The molecular weight excluding hydrogens is 354 g/mol. The van der Waals surface area contributed by atoms with Crippen molar-refractivity contribution in [2.45, 2.75) is 31.2 Å². The summed E-state index contributed by atoms with van der Waals surface area (Å²) in [5.41, 5.74) is 5.94. The first-order chi connectivity index (χ1) is 10.7. The quantitative estimate of drug-likeness (QED) is 0.720. The first-order valence-corrected chi connectivity index (χ1v) is 8.84. The second-order valence-electron chi connectivity index (χ2n) is 6.06. The standard InChI is InChI=1S/C15H21N3O4S.ClH/c1-9(2)6-10(8-16)17-23(21,22)11-4-5-12-13(7-11)15(20)18(3)14(12)19;/h4-5,7,9-10,17H,6,8,16H2,1-3H3;1H. The van der Waals surface area contributed by atoms with Crippen LogP contribution in [0.15, 0.2) is 23.1 Å². The number of rotatable bonds is 6. The lowest BCUT2D eigenvalue weighted by atomic mass is 10.1. The van der Waals surface area contributed by atoms with Crippen LogP contribution < -0.4 is 10.5 Å². The Morgan fingerprint density at radius 1 is 1.17 bits per heavy atom. The SMILES string of the molecule is CC(C)CC(CN)NS(=O)(=O)c1ccc2c(c1)C(=O)N(C)C2=O.Cl. The fourth-order valence-electron chi connectivity index (χ4n) is 2.56. The van der Waals surface area contributed by atoms with E-state index in [1.54, 1.807) is 0 Å². The first-order valence-electron chi connectivity index (χ1n) is 7.36. The van der Waals surface area contributed by atoms with Gasteiger partial charge in [-0.2, -0.15) is 0 Å². The van der Waals surface area contributed by atoms with Gasteiger partial charge in [0.25, 0.3) is 11.8 Å². The third-order valence-corrected chi connectivity index (χ3v) is 5.25. The van der Waals surface area contributed by atoms with E-state index in [1.807, 2.05) is 13.8 Å². The number of imide groups is 1. The monoisotopic (exact) mass is 375 g/mol. The van der Waals surface area contributed by atoms with E-state index in [0.29, 0.717) is 12.3 Å². The van der Waals surface area contributed by atoms with Crippen LogP contribution in [0, 0.1) is 5.92 Å². The van der Waals surface area contributed by atoms with Crippen molar-refractivity contribution < 1.29 is 18.0 Å². The summed E-state index contributed by atoms with van der Waals surface area (Å²) < 4.78 is 27.5. The summed E-state index contributed by atoms with van der Waals surface area (Å²) in [6, 6.07) is 3.56. The van der Waals surface area contributed by atoms with Crippen LogP contribution in [-0.2, 0) is 10.0 Å². The van der Waals surface area contributed by atoms with Crippen molar-refractivity contribution in [3.8, 4) is 0 Å². The molecule has 1 heterocycles. The van der Waals surface area contributed by atoms with Gasteiger partial charge < -0.3 is 5.73 Å². The summed E-state index contributed by atoms with van der Waals surface area (Å²) in [6.45, 7) is 4.14. The van der Waals surface area contributed by atoms with E-state index in [4.69, 9.17) is 5.73 Å². The van der Waals surface area contributed by atoms with Crippen molar-refractivity contribution in [3.05, 3.63) is 29.3 Å². The molecule has 0 saturated carbocycles. The van der Waals surface area contributed by atoms with E-state index < -0.39 is 21.8 Å². The van der Waals surface area contributed by atoms with Crippen LogP contribution >= 0.6 is 12.4 Å². The molecule has 0 aliphatic carbocycles. The van der Waals surface area contributed by atoms with Crippen molar-refractivity contribution in [1.82, 2.24) is 9.62 Å². The molecule has 7 nitrogen and oxygen atoms in total. The zero-order valence-corrected chi connectivity index (χ0v) is 15.4. The number of hydrogen-bond acceptors (Lipinski definition) is 5. The molecule has 0 spiro atoms. The molecule has 1 aromatic rings. The van der Waals surface area contributed by atoms with Crippen LogP contribution in [0.2, 0.25) is 0 Å². The zero-order valence-electron chi connectivity index (χ0n) is 13.8. The fraction of sp³-hybridized carbons (Fsp3) is 0.467. The van der Waals surface area contributed by atoms with Crippen LogP contribution in [0.5, 0.6) is 0 Å². The van der Waals surface area contributed by atoms with Gasteiger partial charge >= 0.3 is 0 Å². The van der Waals surface area contributed by atoms with Gasteiger partial charge in [-0.3, -0.25) is 14.5 Å². The molecule has 0 saturated heterocycles. The molecule has 9 heteroatoms. The van der Waals surface area contributed by atoms with Gasteiger partial charge in [-0.15, -0.1) is 12.4 Å². The Balaban J connectivity index is 0.00000288. The third kappa shape index (κ3) is 3.94. The molecule has 3 N–H and O–H groups in total. The van der Waals surface area contributed by atoms with Gasteiger partial charge in [0, 0.05) is 19.6 Å². The van der Waals surface area contributed by atoms with Gasteiger partial charge in [-0.05, 0) is 30.5 Å². The minimum absolute atomic E-state index is 0. The molecule has 0 bridgehead atoms. The molecule has 2 rings (SSSR count). The van der Waals surface area contributed by atoms with E-state index in [0.717, 1.165) is 4.90 Å². The number of sulfonamides is 1. The number of carbonyl (C=O) groups excluding carboxylic acids is 2. The Morgan fingerprint density at radius 3 is 2.29 bits per heavy atom. The highest BCUT2D eigenvalue weighted by Gasteiger charge is 2.34. The maximum Gasteiger partial charge on any atom is 0.261 e. The molecule has 1 aliphatic rings. The maximum atomic E-state index is 12.5. The molecule has 2 amide bonds. The summed E-state index contributed by atoms with van der Waals surface area (Å²) in [6.07, 6.45) is 0.612. The molecule has 0 radical (unpaired) electrons. The Kier molecular flexibility index (Phi) is 6.52. The van der Waals surface area contributed by atoms with Crippen molar-refractivity contribution in [2.24, 2.45) is 11.7 Å². The van der Waals surface area contributed by atoms with E-state index in [-0.39, 0.29) is 41.0 Å². The Morgan fingerprint density at radius 2 is 1.75 bits per heavy atom. The average molecular weight is 376 g/mol. The van der Waals surface area contributed by atoms with Gasteiger partial charge in [-0.25, -0.2) is 13.1 Å². The van der Waals surface area contributed by atoms with Crippen molar-refractivity contribution in [2.75, 3.05) is 13.6 Å². The summed E-state index contributed by atoms with van der Waals surface area (Å²) >= 11 is 0. The number of hydrogen-bond donors (Lipinski definition) is 2. The smallest absolute Gasteiger partial charge is 0.261 e. The largest absolute Gasteiger partial charge is 0.329 e. The molecule has 24 heavy (non-hydrogen) atoms. The van der Waals surface area contributed by atoms with Gasteiger partial charge in [0.05, 0.1) is 16.0 Å². The van der Waals surface area contributed by atoms with Gasteiger partial charge in [0.15, 0.2) is 0 Å². The van der Waals surface area contributed by atoms with Gasteiger partial charge in [0.2, 0.25) is 10.0 Å². The molecule has 0 fully saturated rings. The first kappa shape index (κ1) is 20.6. The highest BCUT2D eigenvalue weighted by molar-refractivity contribution is 7.89. The molecule has 134 valence electrons. The second-order valence-corrected chi connectivity index (χ2v) is 7.77. The normalized spacial score (nSPS) is 15.5. The number of fused-ring (bicyclic) bond motifs is 1. The lowest BCUT2D eigenvalue weighted by Crippen LogP contribution is -2.41. The number of amides is 2. The molecule has 1 unspecified atom stereocenters. The molecule has 1 aromatic carbocycles. The van der Waals surface area contributed by atoms with Crippen LogP contribution in [-0.4, -0.2) is 44.8 Å². The minimum Gasteiger partial charge on any atom is -0.329 e. The van der Waals surface area contributed by atoms with Crippen LogP contribution in [0.25, 0.3) is 0 Å². The Bertz CT molecular complexity index is 749. The Hall–Kier alpha value is -1.48. The highest BCUT2D eigenvalue weighted by atomic mass is 35.5. The number of carbonyl (C=O) groups is 2. The zero-order chi connectivity index (χ0) is 17.4. The third-order valence-electron chi connectivity index (χ3n) is 3.73. The maximum absolute atomic E-state index is 12.5. The summed E-state index contributed by atoms with van der Waals surface area (Å²) in [5.74, 6) is -0.639. The van der Waals surface area contributed by atoms with Gasteiger partial charge in [0.1, 0.15) is 0 Å². The van der Waals surface area contributed by atoms with E-state index in [1.165, 1.54) is 25.2 Å². The van der Waals surface area contributed by atoms with Crippen LogP contribution in [0.4, 0.5) is 0 Å². The van der Waals surface area contributed by atoms with E-state index in [2.05, 4.69) is 4.72 Å². The van der Waals surface area contributed by atoms with E-state index in [9.17, 15) is 18.0 Å². The molecule has 1 aliphatic heterocycles. The molecular formula is C15H22ClN3O4S. The molecule has 1 atom stereocenters. The number of nitrogens with two attached hydrogens (primary N) is 1. The van der Waals surface area contributed by atoms with Crippen molar-refractivity contribution in [3.63, 3.8) is 0 Å². The topological polar surface area (TPSA) is 110 Å². The Labute approximate surface area is 148 Å². The molecule has 0 aromatic heterocycles. The minimum atomic E-state index is -3.81. The van der Waals surface area contributed by atoms with Gasteiger partial charge in [-0.1, -0.05) is 13.8 Å². The number of halogens is 1. The second kappa shape index (κ2) is 7.60. The van der Waals surface area contributed by atoms with Crippen LogP contribution in [0.3, 0.4) is 0 Å². The number of nitrogens with one attached hydrogen (secondary N) is 1. The number of benzene rings is 1. The fourth-order valence-corrected chi connectivity index (χ4v) is 3.84. The summed E-state index contributed by atoms with van der Waals surface area (Å²) in [4.78, 5) is 24.7. The lowest BCUT2D eigenvalue weighted by Gasteiger charge is -2.19. The number of nitrogens with zero attached hydrogens (tertiary/aromatic N) is 1. The summed E-state index contributed by atoms with van der Waals surface area (Å²) in [5, 5.41) is 0. The average Bonchev–Trinajstić information content (AvgIpc) is 2.70.